The van der Waals surface area contributed by atoms with Gasteiger partial charge in [-0.3, -0.25) is 9.59 Å². The molecule has 0 aliphatic rings. The maximum atomic E-state index is 13.7. The van der Waals surface area contributed by atoms with Crippen LogP contribution in [0.1, 0.15) is 56.2 Å². The van der Waals surface area contributed by atoms with Crippen LogP contribution in [0.2, 0.25) is 0 Å². The van der Waals surface area contributed by atoms with Crippen molar-refractivity contribution in [2.75, 3.05) is 13.2 Å². The zero-order valence-corrected chi connectivity index (χ0v) is 22.0. The molecule has 0 saturated carbocycles. The number of nitrogens with zero attached hydrogens (tertiary/aromatic N) is 1. The van der Waals surface area contributed by atoms with Crippen LogP contribution in [0.4, 0.5) is 4.39 Å². The van der Waals surface area contributed by atoms with Crippen molar-refractivity contribution in [3.8, 4) is 5.75 Å². The lowest BCUT2D eigenvalue weighted by molar-refractivity contribution is -0.142. The van der Waals surface area contributed by atoms with E-state index >= 15 is 0 Å². The Hall–Kier alpha value is -3.67. The molecule has 0 bridgehead atoms. The molecular weight excluding hydrogens is 467 g/mol. The Kier molecular flexibility index (Phi) is 10.7. The molecular formula is C31H37FN2O3. The van der Waals surface area contributed by atoms with E-state index in [1.165, 1.54) is 12.1 Å². The Bertz CT molecular complexity index is 1130. The molecule has 0 spiro atoms. The summed E-state index contributed by atoms with van der Waals surface area (Å²) in [5.41, 5.74) is 2.69. The Balaban J connectivity index is 1.90. The highest BCUT2D eigenvalue weighted by Crippen LogP contribution is 2.26. The Labute approximate surface area is 219 Å². The first-order valence-corrected chi connectivity index (χ1v) is 13.0. The largest absolute Gasteiger partial charge is 0.483 e. The van der Waals surface area contributed by atoms with Crippen molar-refractivity contribution < 1.29 is 18.7 Å². The van der Waals surface area contributed by atoms with Crippen LogP contribution >= 0.6 is 0 Å². The maximum absolute atomic E-state index is 13.7. The third-order valence-electron chi connectivity index (χ3n) is 6.26. The molecule has 3 aromatic carbocycles. The normalized spacial score (nSPS) is 11.7. The molecule has 1 N–H and O–H groups in total. The third-order valence-corrected chi connectivity index (χ3v) is 6.26. The van der Waals surface area contributed by atoms with Gasteiger partial charge in [0, 0.05) is 19.5 Å². The quantitative estimate of drug-likeness (QED) is 0.296. The number of halogens is 1. The van der Waals surface area contributed by atoms with Crippen molar-refractivity contribution in [2.24, 2.45) is 0 Å². The number of hydrogen-bond donors (Lipinski definition) is 1. The highest BCUT2D eigenvalue weighted by Gasteiger charge is 2.30. The minimum Gasteiger partial charge on any atom is -0.483 e. The molecule has 0 aliphatic carbocycles. The van der Waals surface area contributed by atoms with E-state index in [-0.39, 0.29) is 36.7 Å². The molecule has 2 amide bonds. The Morgan fingerprint density at radius 1 is 0.919 bits per heavy atom. The number of rotatable bonds is 13. The molecule has 0 aliphatic heterocycles. The fourth-order valence-electron chi connectivity index (χ4n) is 4.16. The van der Waals surface area contributed by atoms with Gasteiger partial charge in [-0.15, -0.1) is 0 Å². The number of hydrogen-bond acceptors (Lipinski definition) is 3. The van der Waals surface area contributed by atoms with E-state index in [1.54, 1.807) is 17.0 Å². The summed E-state index contributed by atoms with van der Waals surface area (Å²) in [6.45, 7) is 6.69. The number of benzene rings is 3. The van der Waals surface area contributed by atoms with Crippen molar-refractivity contribution in [3.63, 3.8) is 0 Å². The summed E-state index contributed by atoms with van der Waals surface area (Å²) in [7, 11) is 0. The van der Waals surface area contributed by atoms with Gasteiger partial charge in [0.05, 0.1) is 0 Å². The van der Waals surface area contributed by atoms with Gasteiger partial charge in [-0.2, -0.15) is 0 Å². The average molecular weight is 505 g/mol. The van der Waals surface area contributed by atoms with Crippen LogP contribution < -0.4 is 10.1 Å². The number of carbonyl (C=O) groups excluding carboxylic acids is 2. The molecule has 0 saturated heterocycles. The molecule has 0 fully saturated rings. The van der Waals surface area contributed by atoms with E-state index in [1.807, 2.05) is 54.6 Å². The van der Waals surface area contributed by atoms with Gasteiger partial charge in [0.25, 0.3) is 5.91 Å². The summed E-state index contributed by atoms with van der Waals surface area (Å²) in [6.07, 6.45) is 2.16. The summed E-state index contributed by atoms with van der Waals surface area (Å²) in [6, 6.07) is 22.6. The van der Waals surface area contributed by atoms with Gasteiger partial charge < -0.3 is 15.0 Å². The highest BCUT2D eigenvalue weighted by molar-refractivity contribution is 5.88. The average Bonchev–Trinajstić information content (AvgIpc) is 2.91. The molecule has 1 atom stereocenters. The molecule has 37 heavy (non-hydrogen) atoms. The molecule has 0 aromatic heterocycles. The van der Waals surface area contributed by atoms with Crippen LogP contribution in [0.5, 0.6) is 5.75 Å². The minimum atomic E-state index is -0.749. The van der Waals surface area contributed by atoms with E-state index in [0.717, 1.165) is 29.5 Å². The molecule has 3 rings (SSSR count). The molecule has 0 unspecified atom stereocenters. The number of unbranched alkanes of at least 4 members (excludes halogenated alkanes) is 1. The fourth-order valence-corrected chi connectivity index (χ4v) is 4.16. The van der Waals surface area contributed by atoms with E-state index < -0.39 is 6.04 Å². The smallest absolute Gasteiger partial charge is 0.261 e. The molecule has 5 nitrogen and oxygen atoms in total. The first kappa shape index (κ1) is 27.9. The van der Waals surface area contributed by atoms with Crippen molar-refractivity contribution in [3.05, 3.63) is 101 Å². The third kappa shape index (κ3) is 8.45. The van der Waals surface area contributed by atoms with Gasteiger partial charge in [0.1, 0.15) is 17.6 Å². The lowest BCUT2D eigenvalue weighted by atomic mass is 10.0. The van der Waals surface area contributed by atoms with Crippen LogP contribution in [0, 0.1) is 5.82 Å². The second-order valence-electron chi connectivity index (χ2n) is 9.48. The van der Waals surface area contributed by atoms with Crippen LogP contribution in [0.3, 0.4) is 0 Å². The minimum absolute atomic E-state index is 0.160. The van der Waals surface area contributed by atoms with E-state index in [9.17, 15) is 14.0 Å². The van der Waals surface area contributed by atoms with Crippen molar-refractivity contribution in [1.82, 2.24) is 10.2 Å². The standard InChI is InChI=1S/C31H37FN2O3/c1-4-5-19-33-31(36)28(20-24-11-7-6-8-12-24)34(21-25-15-17-26(32)18-16-25)30(35)22-37-29-14-10-9-13-27(29)23(2)3/h6-18,23,28H,4-5,19-22H2,1-3H3,(H,33,36)/t28-/m0/s1. The second kappa shape index (κ2) is 14.2. The SMILES string of the molecule is CCCCNC(=O)[C@H](Cc1ccccc1)N(Cc1ccc(F)cc1)C(=O)COc1ccccc1C(C)C. The zero-order valence-electron chi connectivity index (χ0n) is 22.0. The summed E-state index contributed by atoms with van der Waals surface area (Å²) >= 11 is 0. The maximum Gasteiger partial charge on any atom is 0.261 e. The number of para-hydroxylation sites is 1. The van der Waals surface area contributed by atoms with Crippen LogP contribution in [0.15, 0.2) is 78.9 Å². The number of carbonyl (C=O) groups is 2. The lowest BCUT2D eigenvalue weighted by Gasteiger charge is -2.31. The summed E-state index contributed by atoms with van der Waals surface area (Å²) in [5.74, 6) is 0.00887. The van der Waals surface area contributed by atoms with Crippen molar-refractivity contribution in [2.45, 2.75) is 58.5 Å². The van der Waals surface area contributed by atoms with Gasteiger partial charge in [-0.25, -0.2) is 4.39 Å². The number of ether oxygens (including phenoxy) is 1. The Morgan fingerprint density at radius 3 is 2.27 bits per heavy atom. The fraction of sp³-hybridized carbons (Fsp3) is 0.355. The number of amides is 2. The molecule has 196 valence electrons. The van der Waals surface area contributed by atoms with E-state index in [0.29, 0.717) is 18.7 Å². The predicted molar refractivity (Wildman–Crippen MR) is 145 cm³/mol. The first-order valence-electron chi connectivity index (χ1n) is 13.0. The van der Waals surface area contributed by atoms with Gasteiger partial charge in [0.15, 0.2) is 6.61 Å². The molecule has 0 heterocycles. The summed E-state index contributed by atoms with van der Waals surface area (Å²) in [5, 5.41) is 3.00. The summed E-state index contributed by atoms with van der Waals surface area (Å²) < 4.78 is 19.6. The van der Waals surface area contributed by atoms with Crippen LogP contribution in [0.25, 0.3) is 0 Å². The second-order valence-corrected chi connectivity index (χ2v) is 9.48. The number of nitrogens with one attached hydrogen (secondary N) is 1. The van der Waals surface area contributed by atoms with Crippen molar-refractivity contribution >= 4 is 11.8 Å². The molecule has 0 radical (unpaired) electrons. The van der Waals surface area contributed by atoms with E-state index in [4.69, 9.17) is 4.74 Å². The van der Waals surface area contributed by atoms with E-state index in [2.05, 4.69) is 26.1 Å². The summed E-state index contributed by atoms with van der Waals surface area (Å²) in [4.78, 5) is 28.7. The topological polar surface area (TPSA) is 58.6 Å². The van der Waals surface area contributed by atoms with Gasteiger partial charge in [-0.1, -0.05) is 87.9 Å². The van der Waals surface area contributed by atoms with Crippen LogP contribution in [-0.4, -0.2) is 35.9 Å². The highest BCUT2D eigenvalue weighted by atomic mass is 19.1. The molecule has 6 heteroatoms. The van der Waals surface area contributed by atoms with Crippen LogP contribution in [-0.2, 0) is 22.6 Å². The predicted octanol–water partition coefficient (Wildman–Crippen LogP) is 5.88. The van der Waals surface area contributed by atoms with Crippen molar-refractivity contribution in [1.29, 1.82) is 0 Å². The first-order chi connectivity index (χ1) is 17.9. The lowest BCUT2D eigenvalue weighted by Crippen LogP contribution is -2.51. The molecule has 3 aromatic rings. The van der Waals surface area contributed by atoms with Gasteiger partial charge in [0.2, 0.25) is 5.91 Å². The Morgan fingerprint density at radius 2 is 1.59 bits per heavy atom. The van der Waals surface area contributed by atoms with Gasteiger partial charge in [-0.05, 0) is 47.2 Å². The monoisotopic (exact) mass is 504 g/mol. The van der Waals surface area contributed by atoms with Gasteiger partial charge >= 0.3 is 0 Å². The zero-order chi connectivity index (χ0) is 26.6.